The molecule has 6 heteroatoms. The second-order valence-electron chi connectivity index (χ2n) is 2.84. The molecular weight excluding hydrogens is 195 g/mol. The molecule has 13 heavy (non-hydrogen) atoms. The summed E-state index contributed by atoms with van der Waals surface area (Å²) in [7, 11) is -2.95. The summed E-state index contributed by atoms with van der Waals surface area (Å²) < 4.78 is 36.3. The van der Waals surface area contributed by atoms with Crippen molar-refractivity contribution < 1.29 is 16.9 Å². The van der Waals surface area contributed by atoms with Crippen LogP contribution in [0.3, 0.4) is 0 Å². The van der Waals surface area contributed by atoms with Gasteiger partial charge in [-0.3, -0.25) is 0 Å². The van der Waals surface area contributed by atoms with Crippen LogP contribution in [-0.4, -0.2) is 12.4 Å². The fraction of sp³-hybridized carbons (Fsp3) is 0.571. The van der Waals surface area contributed by atoms with Crippen molar-refractivity contribution in [3.8, 4) is 0 Å². The average Bonchev–Trinajstić information content (AvgIpc) is 2.28. The minimum absolute atomic E-state index is 0.431. The molecule has 0 aliphatic rings. The van der Waals surface area contributed by atoms with Gasteiger partial charge in [-0.05, 0) is 0 Å². The number of nitrogens with zero attached hydrogens (tertiary/aromatic N) is 2. The molecule has 1 heterocycles. The van der Waals surface area contributed by atoms with Gasteiger partial charge in [0.05, 0.1) is 7.05 Å². The van der Waals surface area contributed by atoms with Gasteiger partial charge in [0.1, 0.15) is 5.69 Å². The Kier molecular flexibility index (Phi) is 2.42. The third kappa shape index (κ3) is 1.72. The first-order chi connectivity index (χ1) is 5.88. The van der Waals surface area contributed by atoms with E-state index in [4.69, 9.17) is 0 Å². The number of hydrogen-bond acceptors (Lipinski definition) is 2. The Morgan fingerprint density at radius 3 is 2.46 bits per heavy atom. The summed E-state index contributed by atoms with van der Waals surface area (Å²) in [6.07, 6.45) is 1.74. The Morgan fingerprint density at radius 1 is 1.62 bits per heavy atom. The maximum Gasteiger partial charge on any atom is 0.480 e. The zero-order valence-corrected chi connectivity index (χ0v) is 8.60. The molecule has 0 aromatic carbocycles. The number of hydrogen-bond donors (Lipinski definition) is 0. The van der Waals surface area contributed by atoms with Crippen LogP contribution in [0.4, 0.5) is 3.89 Å². The molecule has 1 aromatic heterocycles. The first-order valence-electron chi connectivity index (χ1n) is 3.90. The van der Waals surface area contributed by atoms with Gasteiger partial charge in [-0.1, -0.05) is 14.8 Å². The van der Waals surface area contributed by atoms with E-state index in [0.717, 1.165) is 0 Å². The van der Waals surface area contributed by atoms with Gasteiger partial charge in [0.25, 0.3) is 5.82 Å². The van der Waals surface area contributed by atoms with Crippen molar-refractivity contribution in [2.75, 3.05) is 0 Å². The molecular formula is C7H12FN2O2S+. The monoisotopic (exact) mass is 207 g/mol. The molecule has 0 saturated heterocycles. The smallest absolute Gasteiger partial charge is 0.233 e. The molecule has 0 bridgehead atoms. The summed E-state index contributed by atoms with van der Waals surface area (Å²) in [4.78, 5) is 0. The molecule has 0 amide bonds. The minimum Gasteiger partial charge on any atom is -0.233 e. The fourth-order valence-corrected chi connectivity index (χ4v) is 2.05. The van der Waals surface area contributed by atoms with Crippen LogP contribution in [0, 0.1) is 6.92 Å². The first kappa shape index (κ1) is 10.2. The van der Waals surface area contributed by atoms with Crippen molar-refractivity contribution in [2.45, 2.75) is 20.3 Å². The number of rotatable bonds is 2. The van der Waals surface area contributed by atoms with Crippen molar-refractivity contribution in [1.82, 2.24) is 3.97 Å². The number of halogens is 1. The quantitative estimate of drug-likeness (QED) is 0.515. The topological polar surface area (TPSA) is 43.0 Å². The van der Waals surface area contributed by atoms with Crippen molar-refractivity contribution in [2.24, 2.45) is 7.05 Å². The lowest BCUT2D eigenvalue weighted by Crippen LogP contribution is -2.35. The van der Waals surface area contributed by atoms with Crippen LogP contribution in [0.15, 0.2) is 6.20 Å². The van der Waals surface area contributed by atoms with Crippen LogP contribution >= 0.6 is 0 Å². The Hall–Kier alpha value is -0.910. The first-order valence-corrected chi connectivity index (χ1v) is 5.24. The van der Waals surface area contributed by atoms with Gasteiger partial charge in [0.15, 0.2) is 6.20 Å². The molecule has 0 unspecified atom stereocenters. The third-order valence-corrected chi connectivity index (χ3v) is 2.81. The normalized spacial score (nSPS) is 12.0. The molecule has 0 N–H and O–H groups in total. The fourth-order valence-electron chi connectivity index (χ4n) is 1.26. The number of aromatic nitrogens is 2. The van der Waals surface area contributed by atoms with E-state index in [1.807, 2.05) is 0 Å². The average molecular weight is 207 g/mol. The predicted molar refractivity (Wildman–Crippen MR) is 45.1 cm³/mol. The molecule has 74 valence electrons. The second kappa shape index (κ2) is 3.10. The molecule has 0 radical (unpaired) electrons. The van der Waals surface area contributed by atoms with E-state index in [9.17, 15) is 12.3 Å². The summed E-state index contributed by atoms with van der Waals surface area (Å²) in [6.45, 7) is 3.50. The van der Waals surface area contributed by atoms with E-state index in [-0.39, 0.29) is 0 Å². The maximum absolute atomic E-state index is 12.7. The second-order valence-corrected chi connectivity index (χ2v) is 4.05. The van der Waals surface area contributed by atoms with Crippen LogP contribution in [0.25, 0.3) is 0 Å². The molecule has 0 atom stereocenters. The summed E-state index contributed by atoms with van der Waals surface area (Å²) in [5.74, 6) is 0.431. The molecule has 0 aliphatic heterocycles. The van der Waals surface area contributed by atoms with Gasteiger partial charge >= 0.3 is 10.4 Å². The lowest BCUT2D eigenvalue weighted by atomic mass is 10.4. The zero-order valence-electron chi connectivity index (χ0n) is 7.78. The molecule has 0 spiro atoms. The molecule has 0 aliphatic carbocycles. The van der Waals surface area contributed by atoms with Crippen molar-refractivity contribution in [3.05, 3.63) is 17.7 Å². The van der Waals surface area contributed by atoms with Gasteiger partial charge in [-0.15, -0.1) is 0 Å². The summed E-state index contributed by atoms with van der Waals surface area (Å²) in [6, 6.07) is 0. The van der Waals surface area contributed by atoms with E-state index >= 15 is 0 Å². The van der Waals surface area contributed by atoms with Gasteiger partial charge in [-0.2, -0.15) is 8.42 Å². The number of aryl methyl sites for hydroxylation is 1. The highest BCUT2D eigenvalue weighted by Crippen LogP contribution is 2.06. The minimum atomic E-state index is -4.65. The van der Waals surface area contributed by atoms with Gasteiger partial charge in [0, 0.05) is 13.3 Å². The maximum atomic E-state index is 12.7. The van der Waals surface area contributed by atoms with Crippen molar-refractivity contribution >= 4 is 10.4 Å². The highest BCUT2D eigenvalue weighted by molar-refractivity contribution is 7.84. The van der Waals surface area contributed by atoms with Crippen molar-refractivity contribution in [3.63, 3.8) is 0 Å². The van der Waals surface area contributed by atoms with Crippen LogP contribution in [0.5, 0.6) is 0 Å². The van der Waals surface area contributed by atoms with E-state index < -0.39 is 10.4 Å². The van der Waals surface area contributed by atoms with Gasteiger partial charge in [0.2, 0.25) is 0 Å². The summed E-state index contributed by atoms with van der Waals surface area (Å²) in [5, 5.41) is 0. The summed E-state index contributed by atoms with van der Waals surface area (Å²) in [5.41, 5.74) is 0.707. The van der Waals surface area contributed by atoms with E-state index in [1.165, 1.54) is 6.20 Å². The van der Waals surface area contributed by atoms with E-state index in [1.54, 1.807) is 25.5 Å². The Labute approximate surface area is 77.0 Å². The molecule has 0 saturated carbocycles. The summed E-state index contributed by atoms with van der Waals surface area (Å²) >= 11 is 0. The third-order valence-electron chi connectivity index (χ3n) is 2.03. The highest BCUT2D eigenvalue weighted by atomic mass is 32.3. The van der Waals surface area contributed by atoms with Gasteiger partial charge in [-0.25, -0.2) is 4.57 Å². The Balaban J connectivity index is 3.48. The molecule has 1 aromatic rings. The zero-order chi connectivity index (χ0) is 10.2. The largest absolute Gasteiger partial charge is 0.480 e. The van der Waals surface area contributed by atoms with Crippen LogP contribution in [0.2, 0.25) is 0 Å². The van der Waals surface area contributed by atoms with E-state index in [2.05, 4.69) is 0 Å². The molecule has 4 nitrogen and oxygen atoms in total. The van der Waals surface area contributed by atoms with E-state index in [0.29, 0.717) is 21.9 Å². The Bertz CT molecular complexity index is 422. The Morgan fingerprint density at radius 2 is 2.15 bits per heavy atom. The highest BCUT2D eigenvalue weighted by Gasteiger charge is 2.26. The molecule has 1 rings (SSSR count). The van der Waals surface area contributed by atoms with Crippen LogP contribution in [-0.2, 0) is 23.9 Å². The number of imidazole rings is 1. The molecule has 0 fully saturated rings. The van der Waals surface area contributed by atoms with Gasteiger partial charge < -0.3 is 0 Å². The SMILES string of the molecule is CCc1n(S(=O)(=O)F)cc(C)[n+]1C. The van der Waals surface area contributed by atoms with Crippen molar-refractivity contribution in [1.29, 1.82) is 0 Å². The lowest BCUT2D eigenvalue weighted by molar-refractivity contribution is -0.683. The standard InChI is InChI=1S/C7H12FN2O2S/c1-4-7-9(3)6(2)5-10(7)13(8,11)12/h5H,4H2,1-3H3/q+1. The van der Waals surface area contributed by atoms with Crippen LogP contribution < -0.4 is 4.57 Å². The van der Waals surface area contributed by atoms with Crippen LogP contribution in [0.1, 0.15) is 18.4 Å². The lowest BCUT2D eigenvalue weighted by Gasteiger charge is -1.93. The predicted octanol–water partition coefficient (Wildman–Crippen LogP) is 0.246.